The van der Waals surface area contributed by atoms with Gasteiger partial charge in [0.2, 0.25) is 0 Å². The van der Waals surface area contributed by atoms with E-state index in [-0.39, 0.29) is 0 Å². The maximum Gasteiger partial charge on any atom is 0.133 e. The molecule has 2 aromatic rings. The van der Waals surface area contributed by atoms with Crippen molar-refractivity contribution in [3.05, 3.63) is 46.7 Å². The lowest BCUT2D eigenvalue weighted by molar-refractivity contribution is 0.803. The third-order valence-corrected chi connectivity index (χ3v) is 4.51. The van der Waals surface area contributed by atoms with Crippen LogP contribution in [0.5, 0.6) is 0 Å². The molecule has 5 heteroatoms. The zero-order valence-electron chi connectivity index (χ0n) is 12.6. The molecule has 1 heterocycles. The van der Waals surface area contributed by atoms with Crippen molar-refractivity contribution >= 4 is 29.2 Å². The van der Waals surface area contributed by atoms with Gasteiger partial charge in [-0.2, -0.15) is 0 Å². The van der Waals surface area contributed by atoms with Crippen LogP contribution in [0.1, 0.15) is 37.8 Å². The molecule has 21 heavy (non-hydrogen) atoms. The van der Waals surface area contributed by atoms with Gasteiger partial charge in [0.15, 0.2) is 0 Å². The number of thioether (sulfide) groups is 1. The van der Waals surface area contributed by atoms with Crippen LogP contribution < -0.4 is 5.32 Å². The standard InChI is InChI=1S/C16H20ClN3S/c1-4-18-15-14(11(2)3)16(20-10-19-15)21-9-12-7-5-6-8-13(12)17/h5-8,10-11H,4,9H2,1-3H3,(H,18,19,20). The molecular formula is C16H20ClN3S. The number of aromatic nitrogens is 2. The molecule has 1 aromatic carbocycles. The van der Waals surface area contributed by atoms with Crippen LogP contribution in [0.4, 0.5) is 5.82 Å². The molecule has 0 fully saturated rings. The highest BCUT2D eigenvalue weighted by atomic mass is 35.5. The molecule has 112 valence electrons. The monoisotopic (exact) mass is 321 g/mol. The Bertz CT molecular complexity index is 602. The van der Waals surface area contributed by atoms with E-state index in [9.17, 15) is 0 Å². The Kier molecular flexibility index (Phi) is 5.88. The first-order valence-electron chi connectivity index (χ1n) is 7.08. The molecule has 0 aliphatic carbocycles. The van der Waals surface area contributed by atoms with Crippen LogP contribution >= 0.6 is 23.4 Å². The summed E-state index contributed by atoms with van der Waals surface area (Å²) in [5.74, 6) is 2.11. The van der Waals surface area contributed by atoms with Gasteiger partial charge in [-0.3, -0.25) is 0 Å². The molecule has 0 aliphatic heterocycles. The fourth-order valence-corrected chi connectivity index (χ4v) is 3.52. The lowest BCUT2D eigenvalue weighted by Crippen LogP contribution is -2.07. The van der Waals surface area contributed by atoms with Crippen LogP contribution in [-0.4, -0.2) is 16.5 Å². The number of benzene rings is 1. The Morgan fingerprint density at radius 3 is 2.67 bits per heavy atom. The van der Waals surface area contributed by atoms with Crippen molar-refractivity contribution < 1.29 is 0 Å². The van der Waals surface area contributed by atoms with E-state index in [1.165, 1.54) is 5.56 Å². The van der Waals surface area contributed by atoms with E-state index in [4.69, 9.17) is 11.6 Å². The average Bonchev–Trinajstić information content (AvgIpc) is 2.46. The Morgan fingerprint density at radius 1 is 1.24 bits per heavy atom. The molecule has 2 rings (SSSR count). The first-order chi connectivity index (χ1) is 10.1. The van der Waals surface area contributed by atoms with Crippen molar-refractivity contribution in [3.8, 4) is 0 Å². The van der Waals surface area contributed by atoms with Gasteiger partial charge in [0.1, 0.15) is 17.2 Å². The van der Waals surface area contributed by atoms with Crippen molar-refractivity contribution in [2.45, 2.75) is 37.5 Å². The van der Waals surface area contributed by atoms with Gasteiger partial charge >= 0.3 is 0 Å². The second-order valence-electron chi connectivity index (χ2n) is 5.01. The molecule has 0 bridgehead atoms. The zero-order chi connectivity index (χ0) is 15.2. The number of hydrogen-bond acceptors (Lipinski definition) is 4. The molecular weight excluding hydrogens is 302 g/mol. The van der Waals surface area contributed by atoms with Gasteiger partial charge < -0.3 is 5.32 Å². The highest BCUT2D eigenvalue weighted by molar-refractivity contribution is 7.98. The Hall–Kier alpha value is -1.26. The molecule has 3 nitrogen and oxygen atoms in total. The van der Waals surface area contributed by atoms with Crippen LogP contribution in [0.15, 0.2) is 35.6 Å². The first kappa shape index (κ1) is 16.1. The summed E-state index contributed by atoms with van der Waals surface area (Å²) in [5, 5.41) is 5.14. The summed E-state index contributed by atoms with van der Waals surface area (Å²) in [5.41, 5.74) is 2.30. The maximum absolute atomic E-state index is 6.22. The summed E-state index contributed by atoms with van der Waals surface area (Å²) in [7, 11) is 0. The third kappa shape index (κ3) is 4.11. The van der Waals surface area contributed by atoms with Crippen LogP contribution in [0, 0.1) is 0 Å². The summed E-state index contributed by atoms with van der Waals surface area (Å²) in [4.78, 5) is 8.82. The minimum Gasteiger partial charge on any atom is -0.370 e. The lowest BCUT2D eigenvalue weighted by atomic mass is 10.1. The molecule has 0 atom stereocenters. The van der Waals surface area contributed by atoms with Gasteiger partial charge in [0, 0.05) is 22.9 Å². The van der Waals surface area contributed by atoms with Crippen molar-refractivity contribution in [2.24, 2.45) is 0 Å². The normalized spacial score (nSPS) is 10.9. The van der Waals surface area contributed by atoms with Crippen molar-refractivity contribution in [1.82, 2.24) is 9.97 Å². The molecule has 0 aliphatic rings. The molecule has 0 spiro atoms. The van der Waals surface area contributed by atoms with Crippen LogP contribution in [0.25, 0.3) is 0 Å². The van der Waals surface area contributed by atoms with Crippen LogP contribution in [-0.2, 0) is 5.75 Å². The summed E-state index contributed by atoms with van der Waals surface area (Å²) >= 11 is 7.92. The largest absolute Gasteiger partial charge is 0.370 e. The SMILES string of the molecule is CCNc1ncnc(SCc2ccccc2Cl)c1C(C)C. The van der Waals surface area contributed by atoms with Crippen LogP contribution in [0.3, 0.4) is 0 Å². The lowest BCUT2D eigenvalue weighted by Gasteiger charge is -2.16. The van der Waals surface area contributed by atoms with E-state index in [0.29, 0.717) is 5.92 Å². The minimum atomic E-state index is 0.369. The van der Waals surface area contributed by atoms with Crippen LogP contribution in [0.2, 0.25) is 5.02 Å². The van der Waals surface area contributed by atoms with Gasteiger partial charge in [-0.15, -0.1) is 11.8 Å². The Labute approximate surface area is 135 Å². The molecule has 1 aromatic heterocycles. The molecule has 0 amide bonds. The van der Waals surface area contributed by atoms with E-state index in [2.05, 4.69) is 42.1 Å². The first-order valence-corrected chi connectivity index (χ1v) is 8.44. The van der Waals surface area contributed by atoms with Gasteiger partial charge in [-0.25, -0.2) is 9.97 Å². The number of nitrogens with one attached hydrogen (secondary N) is 1. The summed E-state index contributed by atoms with van der Waals surface area (Å²) in [6, 6.07) is 7.93. The Balaban J connectivity index is 2.23. The fourth-order valence-electron chi connectivity index (χ4n) is 2.08. The molecule has 0 saturated carbocycles. The number of anilines is 1. The number of halogens is 1. The Morgan fingerprint density at radius 2 is 2.00 bits per heavy atom. The number of nitrogens with zero attached hydrogens (tertiary/aromatic N) is 2. The molecule has 0 radical (unpaired) electrons. The predicted molar refractivity (Wildman–Crippen MR) is 91.3 cm³/mol. The third-order valence-electron chi connectivity index (χ3n) is 3.09. The van der Waals surface area contributed by atoms with Crippen molar-refractivity contribution in [1.29, 1.82) is 0 Å². The average molecular weight is 322 g/mol. The summed E-state index contributed by atoms with van der Waals surface area (Å²) < 4.78 is 0. The van der Waals surface area contributed by atoms with Gasteiger partial charge in [0.25, 0.3) is 0 Å². The number of rotatable bonds is 6. The topological polar surface area (TPSA) is 37.8 Å². The van der Waals surface area contributed by atoms with E-state index in [1.807, 2.05) is 18.2 Å². The van der Waals surface area contributed by atoms with E-state index >= 15 is 0 Å². The van der Waals surface area contributed by atoms with E-state index in [0.717, 1.165) is 33.7 Å². The predicted octanol–water partition coefficient (Wildman–Crippen LogP) is 4.98. The summed E-state index contributed by atoms with van der Waals surface area (Å²) in [6.45, 7) is 7.26. The van der Waals surface area contributed by atoms with Gasteiger partial charge in [0.05, 0.1) is 0 Å². The zero-order valence-corrected chi connectivity index (χ0v) is 14.1. The van der Waals surface area contributed by atoms with Gasteiger partial charge in [-0.1, -0.05) is 43.6 Å². The molecule has 1 N–H and O–H groups in total. The molecule has 0 unspecified atom stereocenters. The van der Waals surface area contributed by atoms with Gasteiger partial charge in [-0.05, 0) is 24.5 Å². The quantitative estimate of drug-likeness (QED) is 0.601. The van der Waals surface area contributed by atoms with Crippen molar-refractivity contribution in [3.63, 3.8) is 0 Å². The van der Waals surface area contributed by atoms with Crippen molar-refractivity contribution in [2.75, 3.05) is 11.9 Å². The highest BCUT2D eigenvalue weighted by Gasteiger charge is 2.15. The minimum absolute atomic E-state index is 0.369. The summed E-state index contributed by atoms with van der Waals surface area (Å²) in [6.07, 6.45) is 1.62. The second kappa shape index (κ2) is 7.66. The van der Waals surface area contributed by atoms with E-state index in [1.54, 1.807) is 18.1 Å². The second-order valence-corrected chi connectivity index (χ2v) is 6.38. The van der Waals surface area contributed by atoms with E-state index < -0.39 is 0 Å². The smallest absolute Gasteiger partial charge is 0.133 e. The highest BCUT2D eigenvalue weighted by Crippen LogP contribution is 2.34. The fraction of sp³-hybridized carbons (Fsp3) is 0.375. The molecule has 0 saturated heterocycles. The number of hydrogen-bond donors (Lipinski definition) is 1. The maximum atomic E-state index is 6.22.